The number of hydrogen-bond acceptors (Lipinski definition) is 5. The van der Waals surface area contributed by atoms with Crippen molar-refractivity contribution >= 4 is 28.3 Å². The van der Waals surface area contributed by atoms with E-state index < -0.39 is 0 Å². The summed E-state index contributed by atoms with van der Waals surface area (Å²) in [5, 5.41) is 4.37. The van der Waals surface area contributed by atoms with Crippen LogP contribution < -0.4 is 10.2 Å². The van der Waals surface area contributed by atoms with Crippen molar-refractivity contribution in [3.05, 3.63) is 47.9 Å². The van der Waals surface area contributed by atoms with Gasteiger partial charge in [-0.25, -0.2) is 9.97 Å². The Bertz CT molecular complexity index is 980. The Labute approximate surface area is 165 Å². The standard InChI is InChI=1S/C22H27N5O/c1-15-5-3-7-20(16(15)2)24-12-18(28)11-17-6-4-10-27(13-17)22-19-8-9-23-21(19)25-14-26-22/h3,5,7-9,14,17,24H,4,6,10-13H2,1-2H3,(H,23,25,26)/t17-/m0/s1. The molecule has 1 aliphatic rings. The highest BCUT2D eigenvalue weighted by molar-refractivity contribution is 5.87. The maximum absolute atomic E-state index is 12.6. The smallest absolute Gasteiger partial charge is 0.152 e. The number of ketones is 1. The Morgan fingerprint density at radius 2 is 2.18 bits per heavy atom. The first-order chi connectivity index (χ1) is 13.6. The molecule has 146 valence electrons. The van der Waals surface area contributed by atoms with Gasteiger partial charge in [0, 0.05) is 31.4 Å². The average molecular weight is 377 g/mol. The van der Waals surface area contributed by atoms with E-state index in [9.17, 15) is 4.79 Å². The van der Waals surface area contributed by atoms with Crippen LogP contribution in [0.2, 0.25) is 0 Å². The summed E-state index contributed by atoms with van der Waals surface area (Å²) in [6.07, 6.45) is 6.28. The van der Waals surface area contributed by atoms with Crippen LogP contribution in [-0.2, 0) is 4.79 Å². The van der Waals surface area contributed by atoms with Crippen molar-refractivity contribution in [2.45, 2.75) is 33.1 Å². The van der Waals surface area contributed by atoms with E-state index in [1.165, 1.54) is 11.1 Å². The van der Waals surface area contributed by atoms with Crippen molar-refractivity contribution < 1.29 is 4.79 Å². The zero-order valence-electron chi connectivity index (χ0n) is 16.5. The Morgan fingerprint density at radius 3 is 3.07 bits per heavy atom. The zero-order chi connectivity index (χ0) is 19.5. The summed E-state index contributed by atoms with van der Waals surface area (Å²) in [7, 11) is 0. The number of anilines is 2. The van der Waals surface area contributed by atoms with Crippen LogP contribution in [0.5, 0.6) is 0 Å². The molecular weight excluding hydrogens is 350 g/mol. The lowest BCUT2D eigenvalue weighted by atomic mass is 9.92. The molecule has 2 aromatic heterocycles. The van der Waals surface area contributed by atoms with Crippen molar-refractivity contribution in [2.75, 3.05) is 29.9 Å². The van der Waals surface area contributed by atoms with Crippen molar-refractivity contribution in [2.24, 2.45) is 5.92 Å². The molecule has 2 N–H and O–H groups in total. The van der Waals surface area contributed by atoms with Crippen LogP contribution in [-0.4, -0.2) is 40.4 Å². The van der Waals surface area contributed by atoms with Gasteiger partial charge in [0.05, 0.1) is 11.9 Å². The normalized spacial score (nSPS) is 17.1. The maximum Gasteiger partial charge on any atom is 0.152 e. The number of nitrogens with one attached hydrogen (secondary N) is 2. The summed E-state index contributed by atoms with van der Waals surface area (Å²) >= 11 is 0. The Balaban J connectivity index is 1.36. The second kappa shape index (κ2) is 8.00. The van der Waals surface area contributed by atoms with Crippen LogP contribution in [0, 0.1) is 19.8 Å². The molecule has 0 unspecified atom stereocenters. The van der Waals surface area contributed by atoms with Crippen LogP contribution in [0.25, 0.3) is 11.0 Å². The molecule has 4 rings (SSSR count). The second-order valence-corrected chi connectivity index (χ2v) is 7.74. The van der Waals surface area contributed by atoms with E-state index >= 15 is 0 Å². The molecule has 28 heavy (non-hydrogen) atoms. The van der Waals surface area contributed by atoms with E-state index in [2.05, 4.69) is 45.1 Å². The van der Waals surface area contributed by atoms with E-state index in [0.29, 0.717) is 18.9 Å². The number of carbonyl (C=O) groups is 1. The Hall–Kier alpha value is -2.89. The van der Waals surface area contributed by atoms with Crippen LogP contribution in [0.4, 0.5) is 11.5 Å². The Morgan fingerprint density at radius 1 is 1.29 bits per heavy atom. The first-order valence-electron chi connectivity index (χ1n) is 9.96. The first-order valence-corrected chi connectivity index (χ1v) is 9.96. The molecule has 1 saturated heterocycles. The van der Waals surface area contributed by atoms with Gasteiger partial charge in [0.2, 0.25) is 0 Å². The van der Waals surface area contributed by atoms with Gasteiger partial charge >= 0.3 is 0 Å². The van der Waals surface area contributed by atoms with E-state index in [4.69, 9.17) is 0 Å². The molecule has 0 saturated carbocycles. The molecule has 6 nitrogen and oxygen atoms in total. The summed E-state index contributed by atoms with van der Waals surface area (Å²) in [4.78, 5) is 26.8. The van der Waals surface area contributed by atoms with Crippen molar-refractivity contribution in [3.63, 3.8) is 0 Å². The number of piperidine rings is 1. The number of fused-ring (bicyclic) bond motifs is 1. The topological polar surface area (TPSA) is 73.9 Å². The number of nitrogens with zero attached hydrogens (tertiary/aromatic N) is 3. The molecule has 0 radical (unpaired) electrons. The number of benzene rings is 1. The molecular formula is C22H27N5O. The number of aromatic amines is 1. The molecule has 3 aromatic rings. The lowest BCUT2D eigenvalue weighted by molar-refractivity contribution is -0.118. The monoisotopic (exact) mass is 377 g/mol. The molecule has 1 fully saturated rings. The van der Waals surface area contributed by atoms with Crippen LogP contribution in [0.15, 0.2) is 36.8 Å². The summed E-state index contributed by atoms with van der Waals surface area (Å²) < 4.78 is 0. The van der Waals surface area contributed by atoms with Gasteiger partial charge in [0.25, 0.3) is 0 Å². The van der Waals surface area contributed by atoms with Crippen LogP contribution in [0.3, 0.4) is 0 Å². The SMILES string of the molecule is Cc1cccc(NCC(=O)C[C@@H]2CCCN(c3ncnc4[nH]ccc34)C2)c1C. The van der Waals surface area contributed by atoms with E-state index in [1.807, 2.05) is 24.4 Å². The number of aromatic nitrogens is 3. The molecule has 0 bridgehead atoms. The van der Waals surface area contributed by atoms with Crippen LogP contribution >= 0.6 is 0 Å². The minimum absolute atomic E-state index is 0.266. The third-order valence-electron chi connectivity index (χ3n) is 5.75. The van der Waals surface area contributed by atoms with E-state index in [0.717, 1.165) is 48.5 Å². The largest absolute Gasteiger partial charge is 0.378 e. The molecule has 0 spiro atoms. The number of rotatable bonds is 6. The summed E-state index contributed by atoms with van der Waals surface area (Å²) in [5.74, 6) is 1.60. The lowest BCUT2D eigenvalue weighted by Crippen LogP contribution is -2.37. The fraction of sp³-hybridized carbons (Fsp3) is 0.409. The Kier molecular flexibility index (Phi) is 5.28. The third kappa shape index (κ3) is 3.86. The highest BCUT2D eigenvalue weighted by Crippen LogP contribution is 2.28. The summed E-state index contributed by atoms with van der Waals surface area (Å²) in [6, 6.07) is 8.17. The van der Waals surface area contributed by atoms with Gasteiger partial charge in [0.15, 0.2) is 5.78 Å². The van der Waals surface area contributed by atoms with Crippen LogP contribution in [0.1, 0.15) is 30.4 Å². The first kappa shape index (κ1) is 18.5. The second-order valence-electron chi connectivity index (χ2n) is 7.74. The predicted molar refractivity (Wildman–Crippen MR) is 113 cm³/mol. The zero-order valence-corrected chi connectivity index (χ0v) is 16.5. The predicted octanol–water partition coefficient (Wildman–Crippen LogP) is 3.86. The molecule has 3 heterocycles. The van der Waals surface area contributed by atoms with Crippen molar-refractivity contribution in [1.29, 1.82) is 0 Å². The van der Waals surface area contributed by atoms with Gasteiger partial charge in [-0.15, -0.1) is 0 Å². The van der Waals surface area contributed by atoms with Crippen molar-refractivity contribution in [1.82, 2.24) is 15.0 Å². The van der Waals surface area contributed by atoms with Gasteiger partial charge in [-0.1, -0.05) is 12.1 Å². The van der Waals surface area contributed by atoms with Crippen molar-refractivity contribution in [3.8, 4) is 0 Å². The molecule has 1 atom stereocenters. The third-order valence-corrected chi connectivity index (χ3v) is 5.75. The summed E-state index contributed by atoms with van der Waals surface area (Å²) in [6.45, 7) is 6.41. The molecule has 0 aliphatic carbocycles. The number of aryl methyl sites for hydroxylation is 1. The van der Waals surface area contributed by atoms with Gasteiger partial charge in [-0.05, 0) is 55.9 Å². The van der Waals surface area contributed by atoms with Gasteiger partial charge in [-0.2, -0.15) is 0 Å². The average Bonchev–Trinajstić information content (AvgIpc) is 3.18. The van der Waals surface area contributed by atoms with Gasteiger partial charge < -0.3 is 15.2 Å². The molecule has 6 heteroatoms. The molecule has 1 aliphatic heterocycles. The van der Waals surface area contributed by atoms with Gasteiger partial charge in [0.1, 0.15) is 17.8 Å². The number of hydrogen-bond donors (Lipinski definition) is 2. The number of carbonyl (C=O) groups excluding carboxylic acids is 1. The number of H-pyrrole nitrogens is 1. The quantitative estimate of drug-likeness (QED) is 0.682. The summed E-state index contributed by atoms with van der Waals surface area (Å²) in [5.41, 5.74) is 4.36. The van der Waals surface area contributed by atoms with E-state index in [1.54, 1.807) is 6.33 Å². The number of Topliss-reactive ketones (excluding diaryl/α,β-unsaturated/α-hetero) is 1. The lowest BCUT2D eigenvalue weighted by Gasteiger charge is -2.33. The highest BCUT2D eigenvalue weighted by Gasteiger charge is 2.24. The fourth-order valence-corrected chi connectivity index (χ4v) is 4.07. The maximum atomic E-state index is 12.6. The minimum Gasteiger partial charge on any atom is -0.378 e. The molecule has 0 amide bonds. The fourth-order valence-electron chi connectivity index (χ4n) is 4.07. The molecule has 1 aromatic carbocycles. The van der Waals surface area contributed by atoms with Gasteiger partial charge in [-0.3, -0.25) is 4.79 Å². The minimum atomic E-state index is 0.266. The van der Waals surface area contributed by atoms with E-state index in [-0.39, 0.29) is 5.78 Å². The highest BCUT2D eigenvalue weighted by atomic mass is 16.1.